The first-order valence-electron chi connectivity index (χ1n) is 8.26. The van der Waals surface area contributed by atoms with Crippen LogP contribution < -0.4 is 10.5 Å². The number of halogens is 5. The normalized spacial score (nSPS) is 11.1. The lowest BCUT2D eigenvalue weighted by atomic mass is 10.2. The van der Waals surface area contributed by atoms with Crippen molar-refractivity contribution in [2.75, 3.05) is 12.8 Å². The third-order valence-corrected chi connectivity index (χ3v) is 4.64. The Morgan fingerprint density at radius 1 is 1.26 bits per heavy atom. The smallest absolute Gasteiger partial charge is 0.417 e. The van der Waals surface area contributed by atoms with Gasteiger partial charge in [-0.1, -0.05) is 23.2 Å². The molecule has 0 saturated carbocycles. The van der Waals surface area contributed by atoms with E-state index in [-0.39, 0.29) is 44.3 Å². The molecule has 2 aromatic heterocycles. The number of anilines is 1. The van der Waals surface area contributed by atoms with Crippen molar-refractivity contribution in [3.8, 4) is 23.4 Å². The van der Waals surface area contributed by atoms with Crippen molar-refractivity contribution in [3.63, 3.8) is 0 Å². The van der Waals surface area contributed by atoms with Gasteiger partial charge in [0.25, 0.3) is 0 Å². The number of aromatic nitrogens is 2. The molecular formula is C19H11Cl2F3N4O3. The number of benzene rings is 1. The van der Waals surface area contributed by atoms with Crippen LogP contribution >= 0.6 is 23.2 Å². The van der Waals surface area contributed by atoms with Crippen LogP contribution in [0.4, 0.5) is 18.9 Å². The topological polar surface area (TPSA) is 103 Å². The number of ether oxygens (including phenoxy) is 2. The van der Waals surface area contributed by atoms with E-state index in [1.165, 1.54) is 22.9 Å². The predicted molar refractivity (Wildman–Crippen MR) is 106 cm³/mol. The standard InChI is InChI=1S/C19H11Cl2F3N4O3/c1-30-18(29)16-15(26)9(6-25)8-28(16)11-4-12(20)17(13(21)5-11)31-14-3-2-10(7-27-14)19(22,23)24/h2-5,7-8H,26H2,1H3. The van der Waals surface area contributed by atoms with Crippen molar-refractivity contribution in [1.29, 1.82) is 5.26 Å². The summed E-state index contributed by atoms with van der Waals surface area (Å²) in [5.74, 6) is -1.03. The average molecular weight is 471 g/mol. The van der Waals surface area contributed by atoms with Crippen molar-refractivity contribution in [2.24, 2.45) is 0 Å². The Hall–Kier alpha value is -3.42. The van der Waals surface area contributed by atoms with Crippen molar-refractivity contribution >= 4 is 34.9 Å². The number of nitrogen functional groups attached to an aromatic ring is 1. The molecule has 0 bridgehead atoms. The summed E-state index contributed by atoms with van der Waals surface area (Å²) in [5, 5.41) is 9.13. The quantitative estimate of drug-likeness (QED) is 0.523. The SMILES string of the molecule is COC(=O)c1c(N)c(C#N)cn1-c1cc(Cl)c(Oc2ccc(C(F)(F)F)cn2)c(Cl)c1. The van der Waals surface area contributed by atoms with E-state index in [9.17, 15) is 23.2 Å². The molecule has 0 atom stereocenters. The fourth-order valence-electron chi connectivity index (χ4n) is 2.61. The van der Waals surface area contributed by atoms with E-state index in [1.807, 2.05) is 6.07 Å². The molecule has 1 aromatic carbocycles. The fraction of sp³-hybridized carbons (Fsp3) is 0.105. The number of nitriles is 1. The maximum Gasteiger partial charge on any atom is 0.417 e. The molecule has 0 spiro atoms. The molecule has 0 amide bonds. The summed E-state index contributed by atoms with van der Waals surface area (Å²) in [6.07, 6.45) is -2.62. The van der Waals surface area contributed by atoms with E-state index in [4.69, 9.17) is 38.4 Å². The molecule has 0 aliphatic heterocycles. The van der Waals surface area contributed by atoms with Gasteiger partial charge < -0.3 is 19.8 Å². The number of nitrogens with two attached hydrogens (primary N) is 1. The summed E-state index contributed by atoms with van der Waals surface area (Å²) in [6.45, 7) is 0. The third-order valence-electron chi connectivity index (χ3n) is 4.08. The van der Waals surface area contributed by atoms with Gasteiger partial charge in [0, 0.05) is 24.1 Å². The van der Waals surface area contributed by atoms with Crippen LogP contribution in [0.1, 0.15) is 21.6 Å². The summed E-state index contributed by atoms with van der Waals surface area (Å²) < 4.78 is 49.4. The Labute approximate surface area is 183 Å². The van der Waals surface area contributed by atoms with E-state index in [2.05, 4.69) is 4.98 Å². The van der Waals surface area contributed by atoms with Crippen LogP contribution in [0.3, 0.4) is 0 Å². The van der Waals surface area contributed by atoms with Crippen LogP contribution in [0.5, 0.6) is 11.6 Å². The van der Waals surface area contributed by atoms with Gasteiger partial charge in [-0.2, -0.15) is 18.4 Å². The van der Waals surface area contributed by atoms with E-state index >= 15 is 0 Å². The fourth-order valence-corrected chi connectivity index (χ4v) is 3.17. The molecule has 2 heterocycles. The molecule has 0 radical (unpaired) electrons. The van der Waals surface area contributed by atoms with Gasteiger partial charge >= 0.3 is 12.1 Å². The van der Waals surface area contributed by atoms with Gasteiger partial charge in [-0.05, 0) is 18.2 Å². The highest BCUT2D eigenvalue weighted by Crippen LogP contribution is 2.39. The van der Waals surface area contributed by atoms with Gasteiger partial charge in [0.2, 0.25) is 5.88 Å². The molecule has 3 aromatic rings. The lowest BCUT2D eigenvalue weighted by Gasteiger charge is -2.14. The molecule has 0 unspecified atom stereocenters. The average Bonchev–Trinajstić information content (AvgIpc) is 3.06. The monoisotopic (exact) mass is 470 g/mol. The Morgan fingerprint density at radius 2 is 1.90 bits per heavy atom. The second-order valence-corrected chi connectivity index (χ2v) is 6.82. The van der Waals surface area contributed by atoms with Crippen molar-refractivity contribution < 1.29 is 27.4 Å². The highest BCUT2D eigenvalue weighted by Gasteiger charge is 2.31. The molecule has 0 saturated heterocycles. The maximum absolute atomic E-state index is 12.7. The Morgan fingerprint density at radius 3 is 2.39 bits per heavy atom. The highest BCUT2D eigenvalue weighted by molar-refractivity contribution is 6.37. The number of esters is 1. The van der Waals surface area contributed by atoms with Gasteiger partial charge in [-0.25, -0.2) is 9.78 Å². The summed E-state index contributed by atoms with van der Waals surface area (Å²) in [6, 6.07) is 6.40. The number of alkyl halides is 3. The molecule has 2 N–H and O–H groups in total. The third kappa shape index (κ3) is 4.38. The van der Waals surface area contributed by atoms with E-state index in [1.54, 1.807) is 0 Å². The Balaban J connectivity index is 2.00. The Bertz CT molecular complexity index is 1180. The minimum atomic E-state index is -4.54. The molecule has 0 fully saturated rings. The zero-order valence-corrected chi connectivity index (χ0v) is 17.0. The zero-order valence-electron chi connectivity index (χ0n) is 15.5. The number of hydrogen-bond donors (Lipinski definition) is 1. The summed E-state index contributed by atoms with van der Waals surface area (Å²) in [4.78, 5) is 15.7. The number of rotatable bonds is 4. The molecule has 7 nitrogen and oxygen atoms in total. The maximum atomic E-state index is 12.7. The zero-order chi connectivity index (χ0) is 22.9. The number of carbonyl (C=O) groups excluding carboxylic acids is 1. The van der Waals surface area contributed by atoms with E-state index in [0.29, 0.717) is 6.20 Å². The van der Waals surface area contributed by atoms with Crippen LogP contribution in [-0.2, 0) is 10.9 Å². The molecule has 0 aliphatic carbocycles. The number of carbonyl (C=O) groups is 1. The van der Waals surface area contributed by atoms with Gasteiger partial charge in [0.1, 0.15) is 6.07 Å². The Kier molecular flexibility index (Phi) is 6.01. The number of pyridine rings is 1. The number of nitrogens with zero attached hydrogens (tertiary/aromatic N) is 3. The van der Waals surface area contributed by atoms with Crippen LogP contribution in [0, 0.1) is 11.3 Å². The second kappa shape index (κ2) is 8.37. The van der Waals surface area contributed by atoms with Gasteiger partial charge in [-0.15, -0.1) is 0 Å². The van der Waals surface area contributed by atoms with Crippen molar-refractivity contribution in [3.05, 3.63) is 63.5 Å². The van der Waals surface area contributed by atoms with Crippen LogP contribution in [0.15, 0.2) is 36.7 Å². The van der Waals surface area contributed by atoms with Crippen molar-refractivity contribution in [1.82, 2.24) is 9.55 Å². The first-order chi connectivity index (χ1) is 14.6. The molecule has 3 rings (SSSR count). The van der Waals surface area contributed by atoms with Gasteiger partial charge in [-0.3, -0.25) is 0 Å². The largest absolute Gasteiger partial charge is 0.464 e. The van der Waals surface area contributed by atoms with Gasteiger partial charge in [0.05, 0.1) is 34.0 Å². The molecular weight excluding hydrogens is 460 g/mol. The van der Waals surface area contributed by atoms with Crippen LogP contribution in [0.25, 0.3) is 5.69 Å². The van der Waals surface area contributed by atoms with Crippen LogP contribution in [-0.4, -0.2) is 22.6 Å². The van der Waals surface area contributed by atoms with Crippen LogP contribution in [0.2, 0.25) is 10.0 Å². The van der Waals surface area contributed by atoms with E-state index in [0.717, 1.165) is 19.2 Å². The summed E-state index contributed by atoms with van der Waals surface area (Å²) >= 11 is 12.5. The lowest BCUT2D eigenvalue weighted by molar-refractivity contribution is -0.137. The molecule has 12 heteroatoms. The molecule has 31 heavy (non-hydrogen) atoms. The summed E-state index contributed by atoms with van der Waals surface area (Å²) in [5.41, 5.74) is 5.01. The van der Waals surface area contributed by atoms with Gasteiger partial charge in [0.15, 0.2) is 11.4 Å². The van der Waals surface area contributed by atoms with Crippen molar-refractivity contribution in [2.45, 2.75) is 6.18 Å². The second-order valence-electron chi connectivity index (χ2n) is 6.00. The molecule has 0 aliphatic rings. The molecule has 160 valence electrons. The minimum absolute atomic E-state index is 0.0296. The van der Waals surface area contributed by atoms with E-state index < -0.39 is 17.7 Å². The first kappa shape index (κ1) is 22.3. The number of methoxy groups -OCH3 is 1. The predicted octanol–water partition coefficient (Wildman–Crippen LogP) is 5.23. The first-order valence-corrected chi connectivity index (χ1v) is 9.02. The lowest BCUT2D eigenvalue weighted by Crippen LogP contribution is -2.11. The minimum Gasteiger partial charge on any atom is -0.464 e. The number of hydrogen-bond acceptors (Lipinski definition) is 6. The summed E-state index contributed by atoms with van der Waals surface area (Å²) in [7, 11) is 1.15. The highest BCUT2D eigenvalue weighted by atomic mass is 35.5.